The van der Waals surface area contributed by atoms with Crippen LogP contribution in [0.4, 0.5) is 0 Å². The molecular formula is C10H20N4O2S. The van der Waals surface area contributed by atoms with Gasteiger partial charge in [0.15, 0.2) is 5.03 Å². The van der Waals surface area contributed by atoms with Crippen LogP contribution in [0.3, 0.4) is 0 Å². The standard InChI is InChI=1S/C10H20N4O2S/c1-8-11-6-9(13-8)17(15,16)12-7-10(2,3)14(4)5/h6,12H,7H2,1-5H3,(H,11,13). The van der Waals surface area contributed by atoms with E-state index in [1.165, 1.54) is 6.20 Å². The smallest absolute Gasteiger partial charge is 0.257 e. The minimum atomic E-state index is -3.50. The number of likely N-dealkylation sites (N-methyl/N-ethyl adjacent to an activating group) is 1. The van der Waals surface area contributed by atoms with Crippen molar-refractivity contribution >= 4 is 10.0 Å². The lowest BCUT2D eigenvalue weighted by Crippen LogP contribution is -2.48. The Morgan fingerprint density at radius 3 is 2.47 bits per heavy atom. The molecule has 17 heavy (non-hydrogen) atoms. The fraction of sp³-hybridized carbons (Fsp3) is 0.700. The lowest BCUT2D eigenvalue weighted by molar-refractivity contribution is 0.199. The number of aryl methyl sites for hydroxylation is 1. The average Bonchev–Trinajstić information content (AvgIpc) is 2.63. The van der Waals surface area contributed by atoms with Crippen LogP contribution in [0.2, 0.25) is 0 Å². The normalized spacial score (nSPS) is 13.3. The maximum absolute atomic E-state index is 11.9. The average molecular weight is 260 g/mol. The number of rotatable bonds is 5. The summed E-state index contributed by atoms with van der Waals surface area (Å²) in [5, 5.41) is 0.101. The van der Waals surface area contributed by atoms with Gasteiger partial charge in [0.1, 0.15) is 5.82 Å². The maximum Gasteiger partial charge on any atom is 0.257 e. The molecule has 1 aromatic heterocycles. The Balaban J connectivity index is 2.76. The van der Waals surface area contributed by atoms with Crippen molar-refractivity contribution in [3.8, 4) is 0 Å². The van der Waals surface area contributed by atoms with E-state index in [2.05, 4.69) is 14.7 Å². The third-order valence-corrected chi connectivity index (χ3v) is 4.19. The molecule has 0 saturated heterocycles. The van der Waals surface area contributed by atoms with Crippen molar-refractivity contribution in [3.63, 3.8) is 0 Å². The molecule has 0 aliphatic carbocycles. The fourth-order valence-electron chi connectivity index (χ4n) is 1.04. The molecule has 0 amide bonds. The van der Waals surface area contributed by atoms with Crippen molar-refractivity contribution in [2.24, 2.45) is 0 Å². The van der Waals surface area contributed by atoms with Gasteiger partial charge in [-0.2, -0.15) is 0 Å². The quantitative estimate of drug-likeness (QED) is 0.800. The van der Waals surface area contributed by atoms with Crippen LogP contribution in [0.15, 0.2) is 11.2 Å². The monoisotopic (exact) mass is 260 g/mol. The minimum Gasteiger partial charge on any atom is -0.332 e. The van der Waals surface area contributed by atoms with E-state index in [1.54, 1.807) is 6.92 Å². The van der Waals surface area contributed by atoms with E-state index in [4.69, 9.17) is 0 Å². The zero-order valence-electron chi connectivity index (χ0n) is 10.9. The number of nitrogens with one attached hydrogen (secondary N) is 2. The van der Waals surface area contributed by atoms with Gasteiger partial charge in [0, 0.05) is 12.1 Å². The van der Waals surface area contributed by atoms with Gasteiger partial charge in [0.25, 0.3) is 10.0 Å². The molecule has 2 N–H and O–H groups in total. The zero-order valence-corrected chi connectivity index (χ0v) is 11.7. The molecule has 0 unspecified atom stereocenters. The van der Waals surface area contributed by atoms with Crippen LogP contribution in [0.1, 0.15) is 19.7 Å². The minimum absolute atomic E-state index is 0.101. The van der Waals surface area contributed by atoms with Gasteiger partial charge in [-0.15, -0.1) is 0 Å². The summed E-state index contributed by atoms with van der Waals surface area (Å²) in [6.45, 7) is 5.98. The molecule has 0 radical (unpaired) electrons. The van der Waals surface area contributed by atoms with Crippen LogP contribution in [-0.4, -0.2) is 49.5 Å². The van der Waals surface area contributed by atoms with Crippen LogP contribution < -0.4 is 4.72 Å². The number of hydrogen-bond acceptors (Lipinski definition) is 4. The second kappa shape index (κ2) is 4.75. The van der Waals surface area contributed by atoms with Gasteiger partial charge in [-0.3, -0.25) is 0 Å². The summed E-state index contributed by atoms with van der Waals surface area (Å²) >= 11 is 0. The molecule has 1 rings (SSSR count). The van der Waals surface area contributed by atoms with E-state index in [9.17, 15) is 8.42 Å². The molecule has 1 aromatic rings. The fourth-order valence-corrected chi connectivity index (χ4v) is 2.21. The Morgan fingerprint density at radius 2 is 2.06 bits per heavy atom. The Kier molecular flexibility index (Phi) is 3.95. The highest BCUT2D eigenvalue weighted by Gasteiger charge is 2.24. The van der Waals surface area contributed by atoms with Crippen molar-refractivity contribution in [1.82, 2.24) is 19.6 Å². The van der Waals surface area contributed by atoms with Gasteiger partial charge in [0.2, 0.25) is 0 Å². The van der Waals surface area contributed by atoms with E-state index < -0.39 is 10.0 Å². The Morgan fingerprint density at radius 1 is 1.47 bits per heavy atom. The molecule has 7 heteroatoms. The van der Waals surface area contributed by atoms with Gasteiger partial charge in [-0.1, -0.05) is 0 Å². The van der Waals surface area contributed by atoms with E-state index in [-0.39, 0.29) is 10.6 Å². The number of aromatic amines is 1. The van der Waals surface area contributed by atoms with Gasteiger partial charge < -0.3 is 9.88 Å². The van der Waals surface area contributed by atoms with E-state index in [0.717, 1.165) is 0 Å². The van der Waals surface area contributed by atoms with Crippen molar-refractivity contribution in [2.45, 2.75) is 31.3 Å². The number of hydrogen-bond donors (Lipinski definition) is 2. The molecule has 0 saturated carbocycles. The van der Waals surface area contributed by atoms with Gasteiger partial charge >= 0.3 is 0 Å². The number of nitrogens with zero attached hydrogens (tertiary/aromatic N) is 2. The molecular weight excluding hydrogens is 240 g/mol. The molecule has 0 aliphatic heterocycles. The summed E-state index contributed by atoms with van der Waals surface area (Å²) in [5.74, 6) is 0.581. The number of sulfonamides is 1. The summed E-state index contributed by atoms with van der Waals surface area (Å²) < 4.78 is 26.4. The van der Waals surface area contributed by atoms with Crippen molar-refractivity contribution < 1.29 is 8.42 Å². The highest BCUT2D eigenvalue weighted by molar-refractivity contribution is 7.89. The third kappa shape index (κ3) is 3.52. The topological polar surface area (TPSA) is 78.1 Å². The summed E-state index contributed by atoms with van der Waals surface area (Å²) in [6.07, 6.45) is 1.32. The number of imidazole rings is 1. The summed E-state index contributed by atoms with van der Waals surface area (Å²) in [7, 11) is 0.322. The van der Waals surface area contributed by atoms with Crippen LogP contribution >= 0.6 is 0 Å². The first kappa shape index (κ1) is 14.1. The lowest BCUT2D eigenvalue weighted by Gasteiger charge is -2.32. The number of aromatic nitrogens is 2. The second-order valence-electron chi connectivity index (χ2n) is 4.86. The van der Waals surface area contributed by atoms with Gasteiger partial charge in [-0.05, 0) is 34.9 Å². The largest absolute Gasteiger partial charge is 0.332 e. The first-order valence-electron chi connectivity index (χ1n) is 5.34. The van der Waals surface area contributed by atoms with Crippen molar-refractivity contribution in [2.75, 3.05) is 20.6 Å². The van der Waals surface area contributed by atoms with E-state index in [1.807, 2.05) is 32.8 Å². The van der Waals surface area contributed by atoms with Crippen LogP contribution in [0.5, 0.6) is 0 Å². The van der Waals surface area contributed by atoms with Crippen LogP contribution in [0.25, 0.3) is 0 Å². The molecule has 0 atom stereocenters. The molecule has 0 fully saturated rings. The summed E-state index contributed by atoms with van der Waals surface area (Å²) in [6, 6.07) is 0. The highest BCUT2D eigenvalue weighted by atomic mass is 32.2. The maximum atomic E-state index is 11.9. The number of H-pyrrole nitrogens is 1. The summed E-state index contributed by atoms with van der Waals surface area (Å²) in [4.78, 5) is 8.55. The lowest BCUT2D eigenvalue weighted by atomic mass is 10.1. The van der Waals surface area contributed by atoms with Crippen LogP contribution in [0, 0.1) is 6.92 Å². The summed E-state index contributed by atoms with van der Waals surface area (Å²) in [5.41, 5.74) is -0.248. The molecule has 0 bridgehead atoms. The first-order valence-corrected chi connectivity index (χ1v) is 6.82. The van der Waals surface area contributed by atoms with E-state index >= 15 is 0 Å². The first-order chi connectivity index (χ1) is 7.65. The van der Waals surface area contributed by atoms with Crippen molar-refractivity contribution in [1.29, 1.82) is 0 Å². The SMILES string of the molecule is Cc1ncc(S(=O)(=O)NCC(C)(C)N(C)C)[nH]1. The third-order valence-electron chi connectivity index (χ3n) is 2.87. The molecule has 1 heterocycles. The van der Waals surface area contributed by atoms with Gasteiger partial charge in [0.05, 0.1) is 6.20 Å². The predicted molar refractivity (Wildman–Crippen MR) is 66.3 cm³/mol. The second-order valence-corrected chi connectivity index (χ2v) is 6.60. The van der Waals surface area contributed by atoms with Crippen molar-refractivity contribution in [3.05, 3.63) is 12.0 Å². The Hall–Kier alpha value is -0.920. The van der Waals surface area contributed by atoms with Crippen LogP contribution in [-0.2, 0) is 10.0 Å². The molecule has 98 valence electrons. The van der Waals surface area contributed by atoms with Gasteiger partial charge in [-0.25, -0.2) is 18.1 Å². The Bertz CT molecular complexity index is 476. The molecule has 0 aromatic carbocycles. The molecule has 6 nitrogen and oxygen atoms in total. The predicted octanol–water partition coefficient (Wildman–Crippen LogP) is 0.337. The highest BCUT2D eigenvalue weighted by Crippen LogP contribution is 2.11. The Labute approximate surface area is 102 Å². The van der Waals surface area contributed by atoms with E-state index in [0.29, 0.717) is 12.4 Å². The molecule has 0 aliphatic rings. The molecule has 0 spiro atoms. The zero-order chi connectivity index (χ0) is 13.3.